The van der Waals surface area contributed by atoms with Crippen LogP contribution in [0, 0.1) is 0 Å². The van der Waals surface area contributed by atoms with Gasteiger partial charge in [0, 0.05) is 11.1 Å². The summed E-state index contributed by atoms with van der Waals surface area (Å²) in [6, 6.07) is 14.8. The Balaban J connectivity index is 1.40. The molecule has 2 aromatic carbocycles. The summed E-state index contributed by atoms with van der Waals surface area (Å²) in [6.07, 6.45) is 4.32. The third-order valence-electron chi connectivity index (χ3n) is 6.56. The van der Waals surface area contributed by atoms with E-state index < -0.39 is 0 Å². The lowest BCUT2D eigenvalue weighted by atomic mass is 9.93. The topological polar surface area (TPSA) is 47.4 Å². The van der Waals surface area contributed by atoms with Gasteiger partial charge < -0.3 is 24.5 Å². The largest absolute Gasteiger partial charge is 0.486 e. The number of hydrogen-bond donors (Lipinski definition) is 2. The number of rotatable bonds is 1. The molecule has 6 nitrogen and oxygen atoms in total. The molecular formula is C23H26N3O3+. The molecule has 1 fully saturated rings. The van der Waals surface area contributed by atoms with E-state index in [1.165, 1.54) is 5.56 Å². The predicted molar refractivity (Wildman–Crippen MR) is 109 cm³/mol. The SMILES string of the molecule is C[NH+]1CCC2(CC1)Oc1ccccc1[C@H]1C=C(c3ccc4c(c3)OCCO4)NN12. The highest BCUT2D eigenvalue weighted by Crippen LogP contribution is 2.48. The van der Waals surface area contributed by atoms with Gasteiger partial charge >= 0.3 is 0 Å². The Morgan fingerprint density at radius 2 is 1.79 bits per heavy atom. The molecule has 4 aliphatic heterocycles. The summed E-state index contributed by atoms with van der Waals surface area (Å²) < 4.78 is 18.2. The molecule has 0 radical (unpaired) electrons. The Hall–Kier alpha value is -2.70. The van der Waals surface area contributed by atoms with Gasteiger partial charge in [-0.05, 0) is 30.3 Å². The molecule has 29 heavy (non-hydrogen) atoms. The number of quaternary nitrogens is 1. The molecule has 4 heterocycles. The highest BCUT2D eigenvalue weighted by atomic mass is 16.6. The summed E-state index contributed by atoms with van der Waals surface area (Å²) in [7, 11) is 2.26. The van der Waals surface area contributed by atoms with Gasteiger partial charge in [-0.15, -0.1) is 0 Å². The number of para-hydroxylation sites is 1. The summed E-state index contributed by atoms with van der Waals surface area (Å²) in [5.74, 6) is 2.64. The molecule has 2 aromatic rings. The van der Waals surface area contributed by atoms with Crippen LogP contribution in [0.15, 0.2) is 48.5 Å². The first kappa shape index (κ1) is 17.2. The Morgan fingerprint density at radius 3 is 2.66 bits per heavy atom. The Kier molecular flexibility index (Phi) is 3.79. The van der Waals surface area contributed by atoms with Gasteiger partial charge in [-0.3, -0.25) is 0 Å². The van der Waals surface area contributed by atoms with Gasteiger partial charge in [0.1, 0.15) is 19.0 Å². The molecule has 0 bridgehead atoms. The zero-order valence-corrected chi connectivity index (χ0v) is 16.6. The summed E-state index contributed by atoms with van der Waals surface area (Å²) in [6.45, 7) is 3.41. The van der Waals surface area contributed by atoms with E-state index in [0.717, 1.165) is 54.4 Å². The van der Waals surface area contributed by atoms with Gasteiger partial charge in [-0.2, -0.15) is 5.01 Å². The zero-order chi connectivity index (χ0) is 19.4. The molecule has 0 unspecified atom stereocenters. The average molecular weight is 392 g/mol. The quantitative estimate of drug-likeness (QED) is 0.775. The minimum atomic E-state index is -0.315. The Bertz CT molecular complexity index is 981. The van der Waals surface area contributed by atoms with Crippen LogP contribution >= 0.6 is 0 Å². The minimum Gasteiger partial charge on any atom is -0.486 e. The number of likely N-dealkylation sites (tertiary alicyclic amines) is 1. The molecule has 0 aliphatic carbocycles. The third kappa shape index (κ3) is 2.70. The minimum absolute atomic E-state index is 0.154. The van der Waals surface area contributed by atoms with Crippen molar-refractivity contribution in [2.45, 2.75) is 24.6 Å². The first-order chi connectivity index (χ1) is 14.2. The highest BCUT2D eigenvalue weighted by molar-refractivity contribution is 5.70. The monoisotopic (exact) mass is 392 g/mol. The first-order valence-corrected chi connectivity index (χ1v) is 10.5. The Morgan fingerprint density at radius 1 is 1.00 bits per heavy atom. The van der Waals surface area contributed by atoms with Crippen LogP contribution in [0.25, 0.3) is 5.70 Å². The highest BCUT2D eigenvalue weighted by Gasteiger charge is 2.52. The lowest BCUT2D eigenvalue weighted by Crippen LogP contribution is -3.11. The van der Waals surface area contributed by atoms with Crippen molar-refractivity contribution in [3.8, 4) is 17.2 Å². The molecule has 6 heteroatoms. The third-order valence-corrected chi connectivity index (χ3v) is 6.56. The van der Waals surface area contributed by atoms with Crippen molar-refractivity contribution in [1.29, 1.82) is 0 Å². The van der Waals surface area contributed by atoms with E-state index in [9.17, 15) is 0 Å². The molecule has 0 aromatic heterocycles. The number of piperidine rings is 1. The molecule has 1 atom stereocenters. The van der Waals surface area contributed by atoms with Crippen molar-refractivity contribution in [2.24, 2.45) is 0 Å². The molecular weight excluding hydrogens is 366 g/mol. The molecule has 0 saturated carbocycles. The van der Waals surface area contributed by atoms with Crippen molar-refractivity contribution in [3.63, 3.8) is 0 Å². The van der Waals surface area contributed by atoms with E-state index in [1.54, 1.807) is 4.90 Å². The van der Waals surface area contributed by atoms with E-state index in [2.05, 4.69) is 60.0 Å². The van der Waals surface area contributed by atoms with Gasteiger partial charge in [0.15, 0.2) is 17.2 Å². The van der Waals surface area contributed by atoms with Crippen molar-refractivity contribution >= 4 is 5.70 Å². The summed E-state index contributed by atoms with van der Waals surface area (Å²) >= 11 is 0. The maximum absolute atomic E-state index is 6.67. The van der Waals surface area contributed by atoms with Crippen LogP contribution in [-0.2, 0) is 0 Å². The van der Waals surface area contributed by atoms with E-state index in [-0.39, 0.29) is 11.8 Å². The second kappa shape index (κ2) is 6.40. The molecule has 2 N–H and O–H groups in total. The average Bonchev–Trinajstić information content (AvgIpc) is 3.22. The van der Waals surface area contributed by atoms with Gasteiger partial charge in [-0.1, -0.05) is 18.2 Å². The number of nitrogens with zero attached hydrogens (tertiary/aromatic N) is 1. The smallest absolute Gasteiger partial charge is 0.191 e. The Labute approximate surface area is 170 Å². The molecule has 6 rings (SSSR count). The standard InChI is InChI=1S/C23H25N3O3/c1-25-10-8-23(9-11-25)26-19(17-4-2-3-5-20(17)29-23)15-18(24-26)16-6-7-21-22(14-16)28-13-12-27-21/h2-7,14-15,19,24H,8-13H2,1H3/p+1/t19-/m1/s1. The number of ether oxygens (including phenoxy) is 3. The zero-order valence-electron chi connectivity index (χ0n) is 16.6. The summed E-state index contributed by atoms with van der Waals surface area (Å²) in [5, 5.41) is 2.34. The van der Waals surface area contributed by atoms with Crippen LogP contribution in [0.5, 0.6) is 17.2 Å². The van der Waals surface area contributed by atoms with Gasteiger partial charge in [-0.25, -0.2) is 0 Å². The number of hydrazine groups is 1. The second-order valence-corrected chi connectivity index (χ2v) is 8.41. The van der Waals surface area contributed by atoms with E-state index in [1.807, 2.05) is 6.07 Å². The van der Waals surface area contributed by atoms with E-state index >= 15 is 0 Å². The predicted octanol–water partition coefficient (Wildman–Crippen LogP) is 1.76. The molecule has 4 aliphatic rings. The fourth-order valence-electron chi connectivity index (χ4n) is 4.91. The second-order valence-electron chi connectivity index (χ2n) is 8.41. The van der Waals surface area contributed by atoms with Crippen molar-refractivity contribution in [3.05, 3.63) is 59.7 Å². The summed E-state index contributed by atoms with van der Waals surface area (Å²) in [5.41, 5.74) is 6.80. The molecule has 150 valence electrons. The molecule has 0 amide bonds. The molecule has 1 spiro atoms. The fraction of sp³-hybridized carbons (Fsp3) is 0.391. The number of hydrogen-bond acceptors (Lipinski definition) is 5. The van der Waals surface area contributed by atoms with Gasteiger partial charge in [0.05, 0.1) is 44.7 Å². The van der Waals surface area contributed by atoms with Crippen LogP contribution in [0.4, 0.5) is 0 Å². The lowest BCUT2D eigenvalue weighted by Gasteiger charge is -2.50. The number of fused-ring (bicyclic) bond motifs is 5. The van der Waals surface area contributed by atoms with Crippen LogP contribution in [0.3, 0.4) is 0 Å². The summed E-state index contributed by atoms with van der Waals surface area (Å²) in [4.78, 5) is 1.56. The lowest BCUT2D eigenvalue weighted by molar-refractivity contribution is -0.888. The van der Waals surface area contributed by atoms with Gasteiger partial charge in [0.2, 0.25) is 0 Å². The van der Waals surface area contributed by atoms with Crippen LogP contribution < -0.4 is 24.5 Å². The van der Waals surface area contributed by atoms with Crippen molar-refractivity contribution < 1.29 is 19.1 Å². The van der Waals surface area contributed by atoms with E-state index in [4.69, 9.17) is 14.2 Å². The van der Waals surface area contributed by atoms with Crippen LogP contribution in [0.1, 0.15) is 30.0 Å². The van der Waals surface area contributed by atoms with Crippen molar-refractivity contribution in [2.75, 3.05) is 33.4 Å². The van der Waals surface area contributed by atoms with Crippen LogP contribution in [-0.4, -0.2) is 44.1 Å². The van der Waals surface area contributed by atoms with Crippen LogP contribution in [0.2, 0.25) is 0 Å². The first-order valence-electron chi connectivity index (χ1n) is 10.5. The molecule has 1 saturated heterocycles. The normalized spacial score (nSPS) is 30.0. The van der Waals surface area contributed by atoms with Crippen molar-refractivity contribution in [1.82, 2.24) is 10.4 Å². The maximum atomic E-state index is 6.67. The maximum Gasteiger partial charge on any atom is 0.191 e. The van der Waals surface area contributed by atoms with Gasteiger partial charge in [0.25, 0.3) is 0 Å². The fourth-order valence-corrected chi connectivity index (χ4v) is 4.91. The number of nitrogens with one attached hydrogen (secondary N) is 2. The number of benzene rings is 2. The van der Waals surface area contributed by atoms with E-state index in [0.29, 0.717) is 13.2 Å².